The van der Waals surface area contributed by atoms with E-state index in [4.69, 9.17) is 4.74 Å². The van der Waals surface area contributed by atoms with Crippen LogP contribution in [-0.2, 0) is 0 Å². The standard InChI is InChI=1S/C14H13N3O2/c1-17-12-8-9(19-2)5-6-11(12)16-13-10(14(17)18)4-3-7-15-13/h3-8H,1-2H3,(H,15,16). The number of amides is 1. The van der Waals surface area contributed by atoms with Crippen molar-refractivity contribution in [3.05, 3.63) is 42.1 Å². The van der Waals surface area contributed by atoms with Crippen LogP contribution in [0, 0.1) is 0 Å². The Morgan fingerprint density at radius 1 is 1.32 bits per heavy atom. The van der Waals surface area contributed by atoms with Gasteiger partial charge in [0.25, 0.3) is 5.91 Å². The Labute approximate surface area is 110 Å². The summed E-state index contributed by atoms with van der Waals surface area (Å²) in [7, 11) is 3.34. The van der Waals surface area contributed by atoms with E-state index in [1.165, 1.54) is 0 Å². The van der Waals surface area contributed by atoms with Crippen molar-refractivity contribution in [1.29, 1.82) is 0 Å². The quantitative estimate of drug-likeness (QED) is 0.850. The van der Waals surface area contributed by atoms with Crippen LogP contribution in [0.25, 0.3) is 0 Å². The molecule has 1 amide bonds. The first-order valence-electron chi connectivity index (χ1n) is 5.89. The molecule has 2 aromatic rings. The number of rotatable bonds is 1. The Morgan fingerprint density at radius 2 is 2.16 bits per heavy atom. The van der Waals surface area contributed by atoms with E-state index in [9.17, 15) is 4.79 Å². The summed E-state index contributed by atoms with van der Waals surface area (Å²) in [5.74, 6) is 1.19. The number of carbonyl (C=O) groups excluding carboxylic acids is 1. The van der Waals surface area contributed by atoms with Gasteiger partial charge in [-0.25, -0.2) is 4.98 Å². The summed E-state index contributed by atoms with van der Waals surface area (Å²) in [6.45, 7) is 0. The maximum absolute atomic E-state index is 12.4. The highest BCUT2D eigenvalue weighted by Gasteiger charge is 2.24. The molecule has 0 unspecified atom stereocenters. The van der Waals surface area contributed by atoms with Crippen LogP contribution in [0.2, 0.25) is 0 Å². The van der Waals surface area contributed by atoms with Crippen molar-refractivity contribution in [2.45, 2.75) is 0 Å². The molecule has 0 fully saturated rings. The molecule has 0 aliphatic carbocycles. The molecule has 19 heavy (non-hydrogen) atoms. The van der Waals surface area contributed by atoms with Crippen LogP contribution in [0.15, 0.2) is 36.5 Å². The van der Waals surface area contributed by atoms with Gasteiger partial charge in [0.2, 0.25) is 0 Å². The van der Waals surface area contributed by atoms with Crippen molar-refractivity contribution in [1.82, 2.24) is 4.98 Å². The van der Waals surface area contributed by atoms with Crippen LogP contribution >= 0.6 is 0 Å². The zero-order valence-electron chi connectivity index (χ0n) is 10.7. The van der Waals surface area contributed by atoms with E-state index >= 15 is 0 Å². The van der Waals surface area contributed by atoms with E-state index in [-0.39, 0.29) is 5.91 Å². The number of fused-ring (bicyclic) bond motifs is 2. The van der Waals surface area contributed by atoms with Gasteiger partial charge in [-0.05, 0) is 24.3 Å². The summed E-state index contributed by atoms with van der Waals surface area (Å²) in [6, 6.07) is 9.06. The molecule has 0 radical (unpaired) electrons. The average Bonchev–Trinajstić information content (AvgIpc) is 2.56. The van der Waals surface area contributed by atoms with Crippen LogP contribution in [0.3, 0.4) is 0 Å². The maximum atomic E-state index is 12.4. The zero-order chi connectivity index (χ0) is 13.4. The summed E-state index contributed by atoms with van der Waals surface area (Å²) in [6.07, 6.45) is 1.66. The molecule has 3 rings (SSSR count). The van der Waals surface area contributed by atoms with Crippen molar-refractivity contribution >= 4 is 23.1 Å². The summed E-state index contributed by atoms with van der Waals surface area (Å²) < 4.78 is 5.20. The minimum absolute atomic E-state index is 0.0948. The lowest BCUT2D eigenvalue weighted by Crippen LogP contribution is -2.25. The third-order valence-electron chi connectivity index (χ3n) is 3.16. The lowest BCUT2D eigenvalue weighted by molar-refractivity contribution is 0.0994. The van der Waals surface area contributed by atoms with Crippen molar-refractivity contribution in [3.8, 4) is 5.75 Å². The number of benzene rings is 1. The van der Waals surface area contributed by atoms with Crippen molar-refractivity contribution in [2.75, 3.05) is 24.4 Å². The molecule has 0 saturated heterocycles. The molecule has 2 heterocycles. The van der Waals surface area contributed by atoms with Crippen LogP contribution in [-0.4, -0.2) is 25.0 Å². The van der Waals surface area contributed by atoms with E-state index in [0.29, 0.717) is 17.1 Å². The lowest BCUT2D eigenvalue weighted by Gasteiger charge is -2.17. The van der Waals surface area contributed by atoms with E-state index < -0.39 is 0 Å². The summed E-state index contributed by atoms with van der Waals surface area (Å²) in [4.78, 5) is 18.2. The number of carbonyl (C=O) groups is 1. The number of aromatic nitrogens is 1. The lowest BCUT2D eigenvalue weighted by atomic mass is 10.2. The minimum atomic E-state index is -0.0948. The Bertz CT molecular complexity index is 655. The number of nitrogens with one attached hydrogen (secondary N) is 1. The first-order chi connectivity index (χ1) is 9.20. The van der Waals surface area contributed by atoms with Crippen LogP contribution < -0.4 is 15.0 Å². The Kier molecular flexibility index (Phi) is 2.59. The number of ether oxygens (including phenoxy) is 1. The molecule has 1 aliphatic heterocycles. The second-order valence-electron chi connectivity index (χ2n) is 4.27. The predicted octanol–water partition coefficient (Wildman–Crippen LogP) is 2.42. The summed E-state index contributed by atoms with van der Waals surface area (Å²) in [5, 5.41) is 3.19. The number of pyridine rings is 1. The first-order valence-corrected chi connectivity index (χ1v) is 5.89. The van der Waals surface area contributed by atoms with E-state index in [1.54, 1.807) is 37.4 Å². The highest BCUT2D eigenvalue weighted by molar-refractivity contribution is 6.12. The monoisotopic (exact) mass is 255 g/mol. The molecule has 1 aromatic carbocycles. The van der Waals surface area contributed by atoms with Crippen molar-refractivity contribution < 1.29 is 9.53 Å². The topological polar surface area (TPSA) is 54.5 Å². The van der Waals surface area contributed by atoms with E-state index in [2.05, 4.69) is 10.3 Å². The highest BCUT2D eigenvalue weighted by atomic mass is 16.5. The van der Waals surface area contributed by atoms with Gasteiger partial charge in [0, 0.05) is 19.3 Å². The van der Waals surface area contributed by atoms with Crippen LogP contribution in [0.1, 0.15) is 10.4 Å². The normalized spacial score (nSPS) is 13.2. The molecule has 0 saturated carbocycles. The fourth-order valence-corrected chi connectivity index (χ4v) is 2.12. The van der Waals surface area contributed by atoms with Gasteiger partial charge in [0.05, 0.1) is 24.0 Å². The minimum Gasteiger partial charge on any atom is -0.497 e. The van der Waals surface area contributed by atoms with Crippen molar-refractivity contribution in [3.63, 3.8) is 0 Å². The fourth-order valence-electron chi connectivity index (χ4n) is 2.12. The smallest absolute Gasteiger partial charge is 0.261 e. The van der Waals surface area contributed by atoms with Gasteiger partial charge in [0.15, 0.2) is 0 Å². The van der Waals surface area contributed by atoms with Gasteiger partial charge in [0.1, 0.15) is 11.6 Å². The molecule has 5 heteroatoms. The average molecular weight is 255 g/mol. The largest absolute Gasteiger partial charge is 0.497 e. The number of hydrogen-bond donors (Lipinski definition) is 1. The molecule has 1 aliphatic rings. The van der Waals surface area contributed by atoms with Crippen molar-refractivity contribution in [2.24, 2.45) is 0 Å². The van der Waals surface area contributed by atoms with Gasteiger partial charge in [-0.3, -0.25) is 4.79 Å². The Hall–Kier alpha value is -2.56. The molecule has 5 nitrogen and oxygen atoms in total. The number of hydrogen-bond acceptors (Lipinski definition) is 4. The predicted molar refractivity (Wildman–Crippen MR) is 73.2 cm³/mol. The van der Waals surface area contributed by atoms with Crippen LogP contribution in [0.4, 0.5) is 17.2 Å². The third-order valence-corrected chi connectivity index (χ3v) is 3.16. The number of nitrogens with zero attached hydrogens (tertiary/aromatic N) is 2. The fraction of sp³-hybridized carbons (Fsp3) is 0.143. The van der Waals surface area contributed by atoms with Gasteiger partial charge < -0.3 is 15.0 Å². The zero-order valence-corrected chi connectivity index (χ0v) is 10.7. The molecule has 0 bridgehead atoms. The number of methoxy groups -OCH3 is 1. The van der Waals surface area contributed by atoms with E-state index in [1.807, 2.05) is 18.2 Å². The SMILES string of the molecule is COc1ccc2c(c1)N(C)C(=O)c1cccnc1N2. The second kappa shape index (κ2) is 4.28. The summed E-state index contributed by atoms with van der Waals surface area (Å²) in [5.41, 5.74) is 2.15. The molecule has 0 atom stereocenters. The molecule has 1 N–H and O–H groups in total. The molecule has 0 spiro atoms. The Morgan fingerprint density at radius 3 is 2.95 bits per heavy atom. The summed E-state index contributed by atoms with van der Waals surface area (Å²) >= 11 is 0. The number of anilines is 3. The van der Waals surface area contributed by atoms with Gasteiger partial charge in [-0.1, -0.05) is 0 Å². The second-order valence-corrected chi connectivity index (χ2v) is 4.27. The molecular weight excluding hydrogens is 242 g/mol. The molecule has 96 valence electrons. The van der Waals surface area contributed by atoms with Gasteiger partial charge >= 0.3 is 0 Å². The van der Waals surface area contributed by atoms with E-state index in [0.717, 1.165) is 11.4 Å². The molecular formula is C14H13N3O2. The molecule has 1 aromatic heterocycles. The Balaban J connectivity index is 2.19. The first kappa shape index (κ1) is 11.5. The van der Waals surface area contributed by atoms with Crippen LogP contribution in [0.5, 0.6) is 5.75 Å². The van der Waals surface area contributed by atoms with Gasteiger partial charge in [-0.2, -0.15) is 0 Å². The van der Waals surface area contributed by atoms with Gasteiger partial charge in [-0.15, -0.1) is 0 Å². The highest BCUT2D eigenvalue weighted by Crippen LogP contribution is 2.36. The third kappa shape index (κ3) is 1.79. The maximum Gasteiger partial charge on any atom is 0.261 e.